The Labute approximate surface area is 179 Å². The van der Waals surface area contributed by atoms with Gasteiger partial charge in [-0.1, -0.05) is 12.1 Å². The number of fused-ring (bicyclic) bond motifs is 1. The minimum absolute atomic E-state index is 0.0510. The number of imide groups is 1. The maximum Gasteiger partial charge on any atom is 0.269 e. The fraction of sp³-hybridized carbons (Fsp3) is 0.318. The van der Waals surface area contributed by atoms with E-state index in [1.165, 1.54) is 12.1 Å². The molecule has 0 bridgehead atoms. The van der Waals surface area contributed by atoms with Crippen LogP contribution in [0.3, 0.4) is 0 Å². The molecule has 0 spiro atoms. The summed E-state index contributed by atoms with van der Waals surface area (Å²) in [5.74, 6) is -1.04. The van der Waals surface area contributed by atoms with Gasteiger partial charge in [0.2, 0.25) is 0 Å². The Bertz CT molecular complexity index is 1010. The fourth-order valence-corrected chi connectivity index (χ4v) is 4.01. The van der Waals surface area contributed by atoms with Crippen LogP contribution < -0.4 is 4.90 Å². The van der Waals surface area contributed by atoms with Crippen LogP contribution in [0.2, 0.25) is 0 Å². The number of hydrogen-bond acceptors (Lipinski definition) is 7. The normalized spacial score (nSPS) is 17.6. The second kappa shape index (κ2) is 8.27. The third kappa shape index (κ3) is 3.91. The molecule has 31 heavy (non-hydrogen) atoms. The molecule has 0 saturated carbocycles. The lowest BCUT2D eigenvalue weighted by molar-refractivity contribution is -0.384. The number of carbonyl (C=O) groups is 3. The molecule has 2 aromatic rings. The predicted molar refractivity (Wildman–Crippen MR) is 113 cm³/mol. The minimum atomic E-state index is -0.833. The number of nitro groups is 1. The van der Waals surface area contributed by atoms with Crippen molar-refractivity contribution in [2.45, 2.75) is 13.0 Å². The molecule has 2 amide bonds. The summed E-state index contributed by atoms with van der Waals surface area (Å²) >= 11 is 0. The number of ketones is 1. The van der Waals surface area contributed by atoms with Crippen LogP contribution in [0.15, 0.2) is 48.5 Å². The topological polar surface area (TPSA) is 104 Å². The molecule has 4 rings (SSSR count). The van der Waals surface area contributed by atoms with Crippen LogP contribution in [-0.4, -0.2) is 71.1 Å². The van der Waals surface area contributed by atoms with Gasteiger partial charge in [-0.05, 0) is 31.2 Å². The van der Waals surface area contributed by atoms with Gasteiger partial charge in [0.1, 0.15) is 0 Å². The van der Waals surface area contributed by atoms with Crippen LogP contribution in [0.1, 0.15) is 27.6 Å². The lowest BCUT2D eigenvalue weighted by Gasteiger charge is -2.36. The molecule has 2 heterocycles. The van der Waals surface area contributed by atoms with Gasteiger partial charge in [-0.25, -0.2) is 0 Å². The van der Waals surface area contributed by atoms with Gasteiger partial charge in [-0.3, -0.25) is 34.3 Å². The first kappa shape index (κ1) is 20.7. The summed E-state index contributed by atoms with van der Waals surface area (Å²) < 4.78 is 0. The highest BCUT2D eigenvalue weighted by molar-refractivity contribution is 6.22. The lowest BCUT2D eigenvalue weighted by Crippen LogP contribution is -2.51. The van der Waals surface area contributed by atoms with E-state index in [0.717, 1.165) is 10.6 Å². The number of piperazine rings is 1. The summed E-state index contributed by atoms with van der Waals surface area (Å²) in [5.41, 5.74) is 1.62. The summed E-state index contributed by atoms with van der Waals surface area (Å²) in [6.07, 6.45) is 0. The van der Waals surface area contributed by atoms with Gasteiger partial charge in [0.15, 0.2) is 5.78 Å². The third-order valence-corrected chi connectivity index (χ3v) is 5.86. The molecule has 0 aliphatic carbocycles. The van der Waals surface area contributed by atoms with Crippen LogP contribution in [0.5, 0.6) is 0 Å². The molecule has 0 aromatic heterocycles. The standard InChI is InChI=1S/C22H22N4O5/c1-15(25-21(28)18-4-2-3-5-19(18)22(25)29)20(27)14-23-10-12-24(13-11-23)16-6-8-17(9-7-16)26(30)31/h2-9,15H,10-14H2,1H3. The van der Waals surface area contributed by atoms with Crippen LogP contribution in [-0.2, 0) is 4.79 Å². The molecule has 1 fully saturated rings. The summed E-state index contributed by atoms with van der Waals surface area (Å²) in [6, 6.07) is 12.2. The van der Waals surface area contributed by atoms with Gasteiger partial charge in [0, 0.05) is 44.0 Å². The van der Waals surface area contributed by atoms with E-state index in [9.17, 15) is 24.5 Å². The Balaban J connectivity index is 1.33. The van der Waals surface area contributed by atoms with Crippen molar-refractivity contribution in [3.8, 4) is 0 Å². The molecule has 2 aromatic carbocycles. The zero-order valence-corrected chi connectivity index (χ0v) is 17.1. The third-order valence-electron chi connectivity index (χ3n) is 5.86. The zero-order chi connectivity index (χ0) is 22.1. The van der Waals surface area contributed by atoms with Crippen LogP contribution in [0, 0.1) is 10.1 Å². The summed E-state index contributed by atoms with van der Waals surface area (Å²) in [7, 11) is 0. The van der Waals surface area contributed by atoms with Crippen LogP contribution >= 0.6 is 0 Å². The van der Waals surface area contributed by atoms with E-state index in [4.69, 9.17) is 0 Å². The van der Waals surface area contributed by atoms with E-state index >= 15 is 0 Å². The zero-order valence-electron chi connectivity index (χ0n) is 17.1. The second-order valence-electron chi connectivity index (χ2n) is 7.70. The van der Waals surface area contributed by atoms with Gasteiger partial charge < -0.3 is 4.90 Å². The summed E-state index contributed by atoms with van der Waals surface area (Å²) in [6.45, 7) is 4.37. The molecule has 1 unspecified atom stereocenters. The maximum atomic E-state index is 12.8. The largest absolute Gasteiger partial charge is 0.369 e. The fourth-order valence-electron chi connectivity index (χ4n) is 4.01. The SMILES string of the molecule is CC(C(=O)CN1CCN(c2ccc([N+](=O)[O-])cc2)CC1)N1C(=O)c2ccccc2C1=O. The highest BCUT2D eigenvalue weighted by Gasteiger charge is 2.40. The number of benzene rings is 2. The quantitative estimate of drug-likeness (QED) is 0.398. The smallest absolute Gasteiger partial charge is 0.269 e. The van der Waals surface area contributed by atoms with E-state index in [1.807, 2.05) is 4.90 Å². The number of nitrogens with zero attached hydrogens (tertiary/aromatic N) is 4. The lowest BCUT2D eigenvalue weighted by atomic mass is 10.1. The first-order chi connectivity index (χ1) is 14.9. The highest BCUT2D eigenvalue weighted by Crippen LogP contribution is 2.25. The molecule has 9 heteroatoms. The average Bonchev–Trinajstić information content (AvgIpc) is 3.04. The van der Waals surface area contributed by atoms with Gasteiger partial charge in [-0.2, -0.15) is 0 Å². The molecule has 0 radical (unpaired) electrons. The predicted octanol–water partition coefficient (Wildman–Crippen LogP) is 1.97. The molecule has 1 saturated heterocycles. The summed E-state index contributed by atoms with van der Waals surface area (Å²) in [5, 5.41) is 10.8. The van der Waals surface area contributed by atoms with E-state index in [-0.39, 0.29) is 18.0 Å². The van der Waals surface area contributed by atoms with Crippen molar-refractivity contribution in [3.63, 3.8) is 0 Å². The number of rotatable bonds is 6. The Hall–Kier alpha value is -3.59. The van der Waals surface area contributed by atoms with Crippen molar-refractivity contribution >= 4 is 29.0 Å². The van der Waals surface area contributed by atoms with Crippen molar-refractivity contribution in [2.24, 2.45) is 0 Å². The molecule has 160 valence electrons. The van der Waals surface area contributed by atoms with Gasteiger partial charge in [0.05, 0.1) is 28.6 Å². The van der Waals surface area contributed by atoms with E-state index in [1.54, 1.807) is 43.3 Å². The van der Waals surface area contributed by atoms with Crippen molar-refractivity contribution < 1.29 is 19.3 Å². The van der Waals surface area contributed by atoms with Crippen molar-refractivity contribution in [1.82, 2.24) is 9.80 Å². The number of nitro benzene ring substituents is 1. The number of anilines is 1. The Morgan fingerprint density at radius 1 is 0.968 bits per heavy atom. The van der Waals surface area contributed by atoms with Crippen molar-refractivity contribution in [1.29, 1.82) is 0 Å². The molecule has 9 nitrogen and oxygen atoms in total. The molecule has 1 atom stereocenters. The Morgan fingerprint density at radius 2 is 1.52 bits per heavy atom. The Morgan fingerprint density at radius 3 is 2.03 bits per heavy atom. The Kier molecular flexibility index (Phi) is 5.51. The van der Waals surface area contributed by atoms with Gasteiger partial charge in [0.25, 0.3) is 17.5 Å². The minimum Gasteiger partial charge on any atom is -0.369 e. The maximum absolute atomic E-state index is 12.8. The van der Waals surface area contributed by atoms with Crippen molar-refractivity contribution in [3.05, 3.63) is 69.8 Å². The number of amides is 2. The number of carbonyl (C=O) groups excluding carboxylic acids is 3. The number of Topliss-reactive ketones (excluding diaryl/α,β-unsaturated/α-hetero) is 1. The van der Waals surface area contributed by atoms with E-state index < -0.39 is 22.8 Å². The number of non-ortho nitro benzene ring substituents is 1. The van der Waals surface area contributed by atoms with E-state index in [2.05, 4.69) is 4.90 Å². The first-order valence-electron chi connectivity index (χ1n) is 10.1. The molecular formula is C22H22N4O5. The summed E-state index contributed by atoms with van der Waals surface area (Å²) in [4.78, 5) is 53.6. The van der Waals surface area contributed by atoms with Gasteiger partial charge >= 0.3 is 0 Å². The number of hydrogen-bond donors (Lipinski definition) is 0. The highest BCUT2D eigenvalue weighted by atomic mass is 16.6. The first-order valence-corrected chi connectivity index (χ1v) is 10.1. The van der Waals surface area contributed by atoms with Crippen molar-refractivity contribution in [2.75, 3.05) is 37.6 Å². The average molecular weight is 422 g/mol. The van der Waals surface area contributed by atoms with Gasteiger partial charge in [-0.15, -0.1) is 0 Å². The van der Waals surface area contributed by atoms with E-state index in [0.29, 0.717) is 37.3 Å². The molecule has 2 aliphatic rings. The monoisotopic (exact) mass is 422 g/mol. The molecule has 2 aliphatic heterocycles. The molecule has 0 N–H and O–H groups in total. The molecular weight excluding hydrogens is 400 g/mol. The van der Waals surface area contributed by atoms with Crippen LogP contribution in [0.25, 0.3) is 0 Å². The second-order valence-corrected chi connectivity index (χ2v) is 7.70. The van der Waals surface area contributed by atoms with Crippen LogP contribution in [0.4, 0.5) is 11.4 Å².